The van der Waals surface area contributed by atoms with Crippen LogP contribution in [0.4, 0.5) is 5.69 Å². The number of carbonyl (C=O) groups excluding carboxylic acids is 1. The van der Waals surface area contributed by atoms with E-state index < -0.39 is 5.91 Å². The molecular formula is C15H13Cl2NO3. The number of carbonyl (C=O) groups is 1. The Bertz CT molecular complexity index is 678. The van der Waals surface area contributed by atoms with Crippen LogP contribution in [0.15, 0.2) is 30.3 Å². The normalized spacial score (nSPS) is 10.3. The number of nitrogens with one attached hydrogen (secondary N) is 1. The van der Waals surface area contributed by atoms with E-state index in [0.29, 0.717) is 11.4 Å². The summed E-state index contributed by atoms with van der Waals surface area (Å²) >= 11 is 12.0. The topological polar surface area (TPSA) is 58.6 Å². The first kappa shape index (κ1) is 15.5. The standard InChI is InChI=1S/C15H13Cl2NO3/c1-8-3-4-12(13(19)5-8)18-15(20)9-6-10(16)14(21-2)11(17)7-9/h3-7,19H,1-2H3,(H,18,20). The first-order valence-corrected chi connectivity index (χ1v) is 6.82. The average Bonchev–Trinajstić information content (AvgIpc) is 2.41. The molecule has 0 aromatic heterocycles. The molecule has 2 aromatic rings. The lowest BCUT2D eigenvalue weighted by Crippen LogP contribution is -2.12. The first-order valence-electron chi connectivity index (χ1n) is 6.06. The number of aromatic hydroxyl groups is 1. The maximum Gasteiger partial charge on any atom is 0.255 e. The zero-order chi connectivity index (χ0) is 15.6. The van der Waals surface area contributed by atoms with E-state index in [1.165, 1.54) is 19.2 Å². The molecule has 0 saturated carbocycles. The van der Waals surface area contributed by atoms with Crippen molar-refractivity contribution < 1.29 is 14.6 Å². The van der Waals surface area contributed by atoms with E-state index in [0.717, 1.165) is 5.56 Å². The molecule has 0 aliphatic rings. The van der Waals surface area contributed by atoms with Gasteiger partial charge in [0, 0.05) is 5.56 Å². The summed E-state index contributed by atoms with van der Waals surface area (Å²) in [5.74, 6) is -0.122. The third-order valence-electron chi connectivity index (χ3n) is 2.87. The van der Waals surface area contributed by atoms with E-state index in [1.807, 2.05) is 6.92 Å². The minimum atomic E-state index is -0.430. The van der Waals surface area contributed by atoms with Crippen molar-refractivity contribution in [2.75, 3.05) is 12.4 Å². The van der Waals surface area contributed by atoms with Gasteiger partial charge in [0.25, 0.3) is 5.91 Å². The summed E-state index contributed by atoms with van der Waals surface area (Å²) in [6, 6.07) is 7.86. The molecule has 21 heavy (non-hydrogen) atoms. The maximum atomic E-state index is 12.2. The maximum absolute atomic E-state index is 12.2. The molecule has 1 amide bonds. The molecule has 0 aliphatic heterocycles. The minimum Gasteiger partial charge on any atom is -0.506 e. The number of phenols is 1. The number of hydrogen-bond donors (Lipinski definition) is 2. The molecule has 0 fully saturated rings. The van der Waals surface area contributed by atoms with Gasteiger partial charge in [0.1, 0.15) is 5.75 Å². The Morgan fingerprint density at radius 2 is 1.81 bits per heavy atom. The Labute approximate surface area is 132 Å². The van der Waals surface area contributed by atoms with Gasteiger partial charge >= 0.3 is 0 Å². The number of methoxy groups -OCH3 is 1. The van der Waals surface area contributed by atoms with E-state index >= 15 is 0 Å². The van der Waals surface area contributed by atoms with Crippen LogP contribution in [-0.2, 0) is 0 Å². The molecule has 2 N–H and O–H groups in total. The van der Waals surface area contributed by atoms with Gasteiger partial charge in [-0.1, -0.05) is 29.3 Å². The molecule has 2 rings (SSSR count). The molecule has 0 radical (unpaired) electrons. The second kappa shape index (κ2) is 6.24. The Hall–Kier alpha value is -1.91. The van der Waals surface area contributed by atoms with Gasteiger partial charge in [0.05, 0.1) is 22.8 Å². The second-order valence-corrected chi connectivity index (χ2v) is 5.26. The molecule has 6 heteroatoms. The third kappa shape index (κ3) is 3.40. The van der Waals surface area contributed by atoms with Gasteiger partial charge in [-0.05, 0) is 36.8 Å². The smallest absolute Gasteiger partial charge is 0.255 e. The van der Waals surface area contributed by atoms with Crippen LogP contribution in [-0.4, -0.2) is 18.1 Å². The van der Waals surface area contributed by atoms with Crippen molar-refractivity contribution >= 4 is 34.8 Å². The van der Waals surface area contributed by atoms with Crippen LogP contribution in [0, 0.1) is 6.92 Å². The van der Waals surface area contributed by atoms with Crippen molar-refractivity contribution in [1.82, 2.24) is 0 Å². The number of amides is 1. The summed E-state index contributed by atoms with van der Waals surface area (Å²) in [4.78, 5) is 12.2. The lowest BCUT2D eigenvalue weighted by Gasteiger charge is -2.10. The fraction of sp³-hybridized carbons (Fsp3) is 0.133. The Balaban J connectivity index is 2.28. The summed E-state index contributed by atoms with van der Waals surface area (Å²) in [7, 11) is 1.44. The van der Waals surface area contributed by atoms with Crippen LogP contribution in [0.25, 0.3) is 0 Å². The number of aryl methyl sites for hydroxylation is 1. The molecule has 0 spiro atoms. The van der Waals surface area contributed by atoms with Crippen molar-refractivity contribution in [2.24, 2.45) is 0 Å². The number of hydrogen-bond acceptors (Lipinski definition) is 3. The number of rotatable bonds is 3. The fourth-order valence-corrected chi connectivity index (χ4v) is 2.47. The third-order valence-corrected chi connectivity index (χ3v) is 3.43. The summed E-state index contributed by atoms with van der Waals surface area (Å²) in [6.07, 6.45) is 0. The van der Waals surface area contributed by atoms with Crippen molar-refractivity contribution in [3.8, 4) is 11.5 Å². The van der Waals surface area contributed by atoms with Crippen molar-refractivity contribution in [2.45, 2.75) is 6.92 Å². The van der Waals surface area contributed by atoms with Crippen LogP contribution in [0.2, 0.25) is 10.0 Å². The molecule has 0 heterocycles. The van der Waals surface area contributed by atoms with Crippen molar-refractivity contribution in [3.05, 3.63) is 51.5 Å². The van der Waals surface area contributed by atoms with E-state index in [2.05, 4.69) is 5.32 Å². The molecule has 0 unspecified atom stereocenters. The zero-order valence-corrected chi connectivity index (χ0v) is 12.9. The molecule has 4 nitrogen and oxygen atoms in total. The summed E-state index contributed by atoms with van der Waals surface area (Å²) in [5, 5.41) is 12.9. The summed E-state index contributed by atoms with van der Waals surface area (Å²) < 4.78 is 5.03. The molecule has 2 aromatic carbocycles. The SMILES string of the molecule is COc1c(Cl)cc(C(=O)Nc2ccc(C)cc2O)cc1Cl. The van der Waals surface area contributed by atoms with Crippen LogP contribution in [0.3, 0.4) is 0 Å². The van der Waals surface area contributed by atoms with Crippen LogP contribution >= 0.6 is 23.2 Å². The molecular weight excluding hydrogens is 313 g/mol. The number of ether oxygens (including phenoxy) is 1. The van der Waals surface area contributed by atoms with Crippen molar-refractivity contribution in [3.63, 3.8) is 0 Å². The monoisotopic (exact) mass is 325 g/mol. The van der Waals surface area contributed by atoms with Crippen LogP contribution < -0.4 is 10.1 Å². The summed E-state index contributed by atoms with van der Waals surface area (Å²) in [6.45, 7) is 1.84. The Kier molecular flexibility index (Phi) is 4.60. The lowest BCUT2D eigenvalue weighted by molar-refractivity contribution is 0.102. The minimum absolute atomic E-state index is 0.00550. The largest absolute Gasteiger partial charge is 0.506 e. The Morgan fingerprint density at radius 1 is 1.19 bits per heavy atom. The van der Waals surface area contributed by atoms with Gasteiger partial charge in [0.2, 0.25) is 0 Å². The quantitative estimate of drug-likeness (QED) is 0.828. The summed E-state index contributed by atoms with van der Waals surface area (Å²) in [5.41, 5.74) is 1.47. The van der Waals surface area contributed by atoms with Gasteiger partial charge in [-0.25, -0.2) is 0 Å². The molecule has 0 bridgehead atoms. The van der Waals surface area contributed by atoms with E-state index in [4.69, 9.17) is 27.9 Å². The van der Waals surface area contributed by atoms with E-state index in [-0.39, 0.29) is 21.4 Å². The number of phenolic OH excluding ortho intramolecular Hbond substituents is 1. The highest BCUT2D eigenvalue weighted by atomic mass is 35.5. The predicted molar refractivity (Wildman–Crippen MR) is 83.8 cm³/mol. The zero-order valence-electron chi connectivity index (χ0n) is 11.4. The van der Waals surface area contributed by atoms with Crippen LogP contribution in [0.1, 0.15) is 15.9 Å². The predicted octanol–water partition coefficient (Wildman–Crippen LogP) is 4.27. The molecule has 0 saturated heterocycles. The lowest BCUT2D eigenvalue weighted by atomic mass is 10.1. The molecule has 110 valence electrons. The van der Waals surface area contributed by atoms with Gasteiger partial charge in [0.15, 0.2) is 5.75 Å². The Morgan fingerprint density at radius 3 is 2.33 bits per heavy atom. The highest BCUT2D eigenvalue weighted by Crippen LogP contribution is 2.34. The first-order chi connectivity index (χ1) is 9.92. The van der Waals surface area contributed by atoms with Gasteiger partial charge in [-0.3, -0.25) is 4.79 Å². The second-order valence-electron chi connectivity index (χ2n) is 4.45. The van der Waals surface area contributed by atoms with Gasteiger partial charge in [-0.15, -0.1) is 0 Å². The van der Waals surface area contributed by atoms with Crippen LogP contribution in [0.5, 0.6) is 11.5 Å². The van der Waals surface area contributed by atoms with Gasteiger partial charge < -0.3 is 15.2 Å². The molecule has 0 aliphatic carbocycles. The number of anilines is 1. The highest BCUT2D eigenvalue weighted by molar-refractivity contribution is 6.37. The number of benzene rings is 2. The fourth-order valence-electron chi connectivity index (χ4n) is 1.83. The average molecular weight is 326 g/mol. The van der Waals surface area contributed by atoms with E-state index in [9.17, 15) is 9.90 Å². The van der Waals surface area contributed by atoms with E-state index in [1.54, 1.807) is 18.2 Å². The number of halogens is 2. The molecule has 0 atom stereocenters. The highest BCUT2D eigenvalue weighted by Gasteiger charge is 2.14. The van der Waals surface area contributed by atoms with Gasteiger partial charge in [-0.2, -0.15) is 0 Å². The van der Waals surface area contributed by atoms with Crippen molar-refractivity contribution in [1.29, 1.82) is 0 Å².